The minimum atomic E-state index is 0.584. The summed E-state index contributed by atoms with van der Waals surface area (Å²) >= 11 is 0. The van der Waals surface area contributed by atoms with E-state index in [4.69, 9.17) is 9.47 Å². The number of rotatable bonds is 10. The van der Waals surface area contributed by atoms with Crippen molar-refractivity contribution in [1.82, 2.24) is 14.7 Å². The standard InChI is InChI=1S/C16H30N3O2/c1-17(2)9-10-18(3)15-7-6-8-16(13-15)19(14-21-5)11-12-20-4/h7-8,13H,6,9-12,14H2,1-5H3. The molecule has 0 spiro atoms. The quantitative estimate of drug-likeness (QED) is 0.568. The van der Waals surface area contributed by atoms with E-state index in [0.29, 0.717) is 13.3 Å². The zero-order valence-electron chi connectivity index (χ0n) is 14.1. The Bertz CT molecular complexity index is 353. The fourth-order valence-electron chi connectivity index (χ4n) is 2.16. The molecule has 0 atom stereocenters. The van der Waals surface area contributed by atoms with Gasteiger partial charge in [-0.05, 0) is 26.6 Å². The van der Waals surface area contributed by atoms with E-state index in [-0.39, 0.29) is 0 Å². The van der Waals surface area contributed by atoms with Gasteiger partial charge in [-0.15, -0.1) is 0 Å². The van der Waals surface area contributed by atoms with E-state index in [2.05, 4.69) is 54.4 Å². The van der Waals surface area contributed by atoms with Crippen molar-refractivity contribution in [2.45, 2.75) is 6.42 Å². The SMILES string of the molecule is COCCN(COC)C1=CC(N(C)CCN(C)C)=CC[CH]1. The molecule has 0 fully saturated rings. The van der Waals surface area contributed by atoms with Crippen molar-refractivity contribution in [2.24, 2.45) is 0 Å². The van der Waals surface area contributed by atoms with Crippen molar-refractivity contribution in [1.29, 1.82) is 0 Å². The van der Waals surface area contributed by atoms with Gasteiger partial charge in [0, 0.05) is 58.7 Å². The van der Waals surface area contributed by atoms with Crippen molar-refractivity contribution in [3.63, 3.8) is 0 Å². The molecule has 5 heteroatoms. The van der Waals surface area contributed by atoms with Crippen LogP contribution in [-0.2, 0) is 9.47 Å². The highest BCUT2D eigenvalue weighted by Crippen LogP contribution is 2.21. The van der Waals surface area contributed by atoms with E-state index in [1.54, 1.807) is 14.2 Å². The van der Waals surface area contributed by atoms with Gasteiger partial charge in [0.05, 0.1) is 6.61 Å². The van der Waals surface area contributed by atoms with Gasteiger partial charge in [0.25, 0.3) is 0 Å². The second-order valence-electron chi connectivity index (χ2n) is 5.54. The predicted octanol–water partition coefficient (Wildman–Crippen LogP) is 1.41. The lowest BCUT2D eigenvalue weighted by atomic mass is 10.1. The van der Waals surface area contributed by atoms with Crippen LogP contribution in [0.25, 0.3) is 0 Å². The van der Waals surface area contributed by atoms with E-state index in [9.17, 15) is 0 Å². The molecule has 0 N–H and O–H groups in total. The lowest BCUT2D eigenvalue weighted by Crippen LogP contribution is -2.32. The van der Waals surface area contributed by atoms with Gasteiger partial charge in [-0.2, -0.15) is 0 Å². The molecule has 0 heterocycles. The van der Waals surface area contributed by atoms with Crippen molar-refractivity contribution in [3.8, 4) is 0 Å². The summed E-state index contributed by atoms with van der Waals surface area (Å²) in [5, 5.41) is 0. The normalized spacial score (nSPS) is 15.0. The number of allylic oxidation sites excluding steroid dienone is 3. The highest BCUT2D eigenvalue weighted by molar-refractivity contribution is 5.32. The Kier molecular flexibility index (Phi) is 8.42. The first-order valence-electron chi connectivity index (χ1n) is 7.42. The highest BCUT2D eigenvalue weighted by Gasteiger charge is 2.15. The topological polar surface area (TPSA) is 28.2 Å². The third-order valence-corrected chi connectivity index (χ3v) is 3.49. The molecule has 0 aromatic heterocycles. The summed E-state index contributed by atoms with van der Waals surface area (Å²) in [6, 6.07) is 0. The predicted molar refractivity (Wildman–Crippen MR) is 86.7 cm³/mol. The van der Waals surface area contributed by atoms with Gasteiger partial charge < -0.3 is 24.2 Å². The summed E-state index contributed by atoms with van der Waals surface area (Å²) in [5.41, 5.74) is 2.48. The maximum Gasteiger partial charge on any atom is 0.118 e. The van der Waals surface area contributed by atoms with Crippen LogP contribution in [0.1, 0.15) is 6.42 Å². The summed E-state index contributed by atoms with van der Waals surface area (Å²) in [7, 11) is 9.80. The number of hydrogen-bond acceptors (Lipinski definition) is 5. The zero-order valence-corrected chi connectivity index (χ0v) is 14.1. The van der Waals surface area contributed by atoms with Crippen LogP contribution < -0.4 is 0 Å². The van der Waals surface area contributed by atoms with E-state index in [0.717, 1.165) is 26.1 Å². The first-order valence-corrected chi connectivity index (χ1v) is 7.42. The van der Waals surface area contributed by atoms with Crippen molar-refractivity contribution >= 4 is 0 Å². The molecular formula is C16H30N3O2. The van der Waals surface area contributed by atoms with Gasteiger partial charge in [-0.3, -0.25) is 0 Å². The lowest BCUT2D eigenvalue weighted by Gasteiger charge is -2.31. The molecule has 121 valence electrons. The zero-order chi connectivity index (χ0) is 15.7. The maximum absolute atomic E-state index is 5.30. The molecule has 5 nitrogen and oxygen atoms in total. The summed E-state index contributed by atoms with van der Waals surface area (Å²) in [6.07, 6.45) is 7.69. The van der Waals surface area contributed by atoms with E-state index in [1.165, 1.54) is 11.4 Å². The Labute approximate surface area is 129 Å². The molecule has 0 aliphatic heterocycles. The Morgan fingerprint density at radius 2 is 1.76 bits per heavy atom. The van der Waals surface area contributed by atoms with Gasteiger partial charge in [0.2, 0.25) is 0 Å². The monoisotopic (exact) mass is 296 g/mol. The first-order chi connectivity index (χ1) is 10.1. The summed E-state index contributed by atoms with van der Waals surface area (Å²) in [5.74, 6) is 0. The lowest BCUT2D eigenvalue weighted by molar-refractivity contribution is 0.0667. The number of hydrogen-bond donors (Lipinski definition) is 0. The average Bonchev–Trinajstić information content (AvgIpc) is 2.49. The van der Waals surface area contributed by atoms with Gasteiger partial charge in [-0.1, -0.05) is 6.08 Å². The molecule has 0 unspecified atom stereocenters. The second kappa shape index (κ2) is 9.82. The molecule has 0 saturated heterocycles. The smallest absolute Gasteiger partial charge is 0.118 e. The third-order valence-electron chi connectivity index (χ3n) is 3.49. The van der Waals surface area contributed by atoms with E-state index >= 15 is 0 Å². The molecule has 0 aromatic rings. The van der Waals surface area contributed by atoms with Crippen LogP contribution in [0.4, 0.5) is 0 Å². The molecule has 0 bridgehead atoms. The van der Waals surface area contributed by atoms with Crippen molar-refractivity contribution in [2.75, 3.05) is 68.3 Å². The Hall–Kier alpha value is -1.04. The Balaban J connectivity index is 2.66. The number of likely N-dealkylation sites (N-methyl/N-ethyl adjacent to an activating group) is 2. The molecule has 21 heavy (non-hydrogen) atoms. The minimum Gasteiger partial charge on any atom is -0.383 e. The van der Waals surface area contributed by atoms with Crippen LogP contribution in [0, 0.1) is 6.42 Å². The number of ether oxygens (including phenoxy) is 2. The Morgan fingerprint density at radius 1 is 1.00 bits per heavy atom. The van der Waals surface area contributed by atoms with Gasteiger partial charge >= 0.3 is 0 Å². The fraction of sp³-hybridized carbons (Fsp3) is 0.688. The van der Waals surface area contributed by atoms with Gasteiger partial charge in [-0.25, -0.2) is 0 Å². The molecular weight excluding hydrogens is 266 g/mol. The average molecular weight is 296 g/mol. The second-order valence-corrected chi connectivity index (χ2v) is 5.54. The number of methoxy groups -OCH3 is 2. The molecule has 1 aliphatic carbocycles. The molecule has 1 aliphatic rings. The highest BCUT2D eigenvalue weighted by atomic mass is 16.5. The van der Waals surface area contributed by atoms with E-state index < -0.39 is 0 Å². The maximum atomic E-state index is 5.30. The minimum absolute atomic E-state index is 0.584. The van der Waals surface area contributed by atoms with Crippen LogP contribution in [0.2, 0.25) is 0 Å². The van der Waals surface area contributed by atoms with Crippen molar-refractivity contribution in [3.05, 3.63) is 30.0 Å². The Morgan fingerprint density at radius 3 is 2.38 bits per heavy atom. The van der Waals surface area contributed by atoms with Crippen molar-refractivity contribution < 1.29 is 9.47 Å². The number of nitrogens with zero attached hydrogens (tertiary/aromatic N) is 3. The largest absolute Gasteiger partial charge is 0.383 e. The molecule has 1 rings (SSSR count). The van der Waals surface area contributed by atoms with Crippen LogP contribution in [0.5, 0.6) is 0 Å². The fourth-order valence-corrected chi connectivity index (χ4v) is 2.16. The van der Waals surface area contributed by atoms with Gasteiger partial charge in [0.15, 0.2) is 0 Å². The van der Waals surface area contributed by atoms with Gasteiger partial charge in [0.1, 0.15) is 6.73 Å². The summed E-state index contributed by atoms with van der Waals surface area (Å²) in [6.45, 7) is 4.18. The van der Waals surface area contributed by atoms with Crippen LogP contribution in [-0.4, -0.2) is 83.0 Å². The molecule has 0 aromatic carbocycles. The molecule has 1 radical (unpaired) electrons. The molecule has 0 saturated carbocycles. The molecule has 0 amide bonds. The first kappa shape index (κ1) is 18.0. The third kappa shape index (κ3) is 6.50. The van der Waals surface area contributed by atoms with Crippen LogP contribution in [0.15, 0.2) is 23.5 Å². The summed E-state index contributed by atoms with van der Waals surface area (Å²) in [4.78, 5) is 6.71. The van der Waals surface area contributed by atoms with E-state index in [1.807, 2.05) is 0 Å². The van der Waals surface area contributed by atoms with Crippen LogP contribution >= 0.6 is 0 Å². The summed E-state index contributed by atoms with van der Waals surface area (Å²) < 4.78 is 10.5. The van der Waals surface area contributed by atoms with Crippen LogP contribution in [0.3, 0.4) is 0 Å².